The first-order valence-electron chi connectivity index (χ1n) is 9.83. The first kappa shape index (κ1) is 21.3. The Morgan fingerprint density at radius 1 is 1.19 bits per heavy atom. The van der Waals surface area contributed by atoms with E-state index in [4.69, 9.17) is 0 Å². The van der Waals surface area contributed by atoms with Crippen molar-refractivity contribution in [2.75, 3.05) is 39.3 Å². The number of halogens is 3. The van der Waals surface area contributed by atoms with Gasteiger partial charge < -0.3 is 15.7 Å². The average Bonchev–Trinajstić information content (AvgIpc) is 3.00. The number of hydrogen-bond donors (Lipinski definition) is 3. The third kappa shape index (κ3) is 7.70. The van der Waals surface area contributed by atoms with Crippen LogP contribution in [-0.2, 0) is 0 Å². The van der Waals surface area contributed by atoms with Gasteiger partial charge in [0.25, 0.3) is 0 Å². The zero-order chi connectivity index (χ0) is 19.0. The van der Waals surface area contributed by atoms with E-state index in [0.29, 0.717) is 31.5 Å². The molecule has 0 amide bonds. The normalized spacial score (nSPS) is 22.6. The molecule has 152 valence electrons. The first-order valence-corrected chi connectivity index (χ1v) is 9.83. The molecule has 26 heavy (non-hydrogen) atoms. The van der Waals surface area contributed by atoms with E-state index >= 15 is 0 Å². The summed E-state index contributed by atoms with van der Waals surface area (Å²) in [6.45, 7) is 4.15. The molecule has 1 saturated heterocycles. The van der Waals surface area contributed by atoms with E-state index in [1.165, 1.54) is 4.90 Å². The van der Waals surface area contributed by atoms with Crippen LogP contribution in [0.3, 0.4) is 0 Å². The van der Waals surface area contributed by atoms with E-state index in [2.05, 4.69) is 15.6 Å². The number of aliphatic imine (C=N–C) groups is 1. The molecule has 3 N–H and O–H groups in total. The third-order valence-corrected chi connectivity index (χ3v) is 5.37. The molecule has 1 aliphatic heterocycles. The maximum absolute atomic E-state index is 12.4. The number of nitrogens with one attached hydrogen (secondary N) is 2. The highest BCUT2D eigenvalue weighted by atomic mass is 19.4. The van der Waals surface area contributed by atoms with Crippen LogP contribution < -0.4 is 10.6 Å². The number of guanidine groups is 1. The van der Waals surface area contributed by atoms with Gasteiger partial charge in [-0.3, -0.25) is 9.89 Å². The van der Waals surface area contributed by atoms with Crippen molar-refractivity contribution in [3.63, 3.8) is 0 Å². The van der Waals surface area contributed by atoms with Gasteiger partial charge in [0, 0.05) is 13.1 Å². The minimum Gasteiger partial charge on any atom is -0.388 e. The Morgan fingerprint density at radius 3 is 2.42 bits per heavy atom. The highest BCUT2D eigenvalue weighted by Gasteiger charge is 2.32. The Kier molecular flexibility index (Phi) is 8.01. The summed E-state index contributed by atoms with van der Waals surface area (Å²) in [6.07, 6.45) is 2.19. The first-order chi connectivity index (χ1) is 12.3. The van der Waals surface area contributed by atoms with Gasteiger partial charge in [0.2, 0.25) is 0 Å². The molecule has 0 atom stereocenters. The highest BCUT2D eigenvalue weighted by molar-refractivity contribution is 5.79. The lowest BCUT2D eigenvalue weighted by atomic mass is 9.93. The number of nitrogens with zero attached hydrogens (tertiary/aromatic N) is 2. The summed E-state index contributed by atoms with van der Waals surface area (Å²) in [6, 6.07) is 0. The van der Waals surface area contributed by atoms with Crippen molar-refractivity contribution in [3.8, 4) is 0 Å². The molecule has 1 saturated carbocycles. The quantitative estimate of drug-likeness (QED) is 0.471. The summed E-state index contributed by atoms with van der Waals surface area (Å²) in [5.41, 5.74) is -0.659. The fourth-order valence-electron chi connectivity index (χ4n) is 3.84. The molecule has 1 aliphatic carbocycles. The summed E-state index contributed by atoms with van der Waals surface area (Å²) in [5, 5.41) is 16.9. The van der Waals surface area contributed by atoms with Gasteiger partial charge in [-0.25, -0.2) is 0 Å². The standard InChI is InChI=1S/C18H33F3N4O/c1-2-22-16(24-13-17(26)8-3-4-9-17)23-10-5-15-6-11-25(12-7-15)14-18(19,20)21/h15,26H,2-14H2,1H3,(H2,22,23,24). The van der Waals surface area contributed by atoms with E-state index in [9.17, 15) is 18.3 Å². The Balaban J connectivity index is 1.68. The molecule has 2 fully saturated rings. The summed E-state index contributed by atoms with van der Waals surface area (Å²) < 4.78 is 37.3. The van der Waals surface area contributed by atoms with Gasteiger partial charge >= 0.3 is 6.18 Å². The largest absolute Gasteiger partial charge is 0.401 e. The molecule has 0 aromatic rings. The van der Waals surface area contributed by atoms with Crippen molar-refractivity contribution < 1.29 is 18.3 Å². The van der Waals surface area contributed by atoms with E-state index in [1.54, 1.807) is 0 Å². The second kappa shape index (κ2) is 9.78. The molecular formula is C18H33F3N4O. The van der Waals surface area contributed by atoms with Crippen LogP contribution in [0.4, 0.5) is 13.2 Å². The molecule has 0 radical (unpaired) electrons. The Labute approximate surface area is 154 Å². The van der Waals surface area contributed by atoms with Gasteiger partial charge in [-0.05, 0) is 58.0 Å². The Bertz CT molecular complexity index is 442. The Morgan fingerprint density at radius 2 is 1.85 bits per heavy atom. The van der Waals surface area contributed by atoms with Gasteiger partial charge in [0.05, 0.1) is 18.7 Å². The van der Waals surface area contributed by atoms with Crippen LogP contribution in [0.2, 0.25) is 0 Å². The fourth-order valence-corrected chi connectivity index (χ4v) is 3.84. The van der Waals surface area contributed by atoms with E-state index in [0.717, 1.165) is 58.0 Å². The second-order valence-corrected chi connectivity index (χ2v) is 7.68. The van der Waals surface area contributed by atoms with Gasteiger partial charge in [-0.1, -0.05) is 12.8 Å². The molecule has 0 spiro atoms. The summed E-state index contributed by atoms with van der Waals surface area (Å²) in [7, 11) is 0. The summed E-state index contributed by atoms with van der Waals surface area (Å²) in [5.74, 6) is 1.16. The highest BCUT2D eigenvalue weighted by Crippen LogP contribution is 2.29. The van der Waals surface area contributed by atoms with Crippen molar-refractivity contribution in [3.05, 3.63) is 0 Å². The lowest BCUT2D eigenvalue weighted by molar-refractivity contribution is -0.148. The molecule has 5 nitrogen and oxygen atoms in total. The van der Waals surface area contributed by atoms with Gasteiger partial charge in [-0.15, -0.1) is 0 Å². The molecule has 0 aromatic carbocycles. The molecule has 0 bridgehead atoms. The van der Waals surface area contributed by atoms with Gasteiger partial charge in [-0.2, -0.15) is 13.2 Å². The Hall–Kier alpha value is -1.02. The maximum Gasteiger partial charge on any atom is 0.401 e. The number of hydrogen-bond acceptors (Lipinski definition) is 3. The summed E-state index contributed by atoms with van der Waals surface area (Å²) >= 11 is 0. The molecule has 0 unspecified atom stereocenters. The van der Waals surface area contributed by atoms with Crippen LogP contribution in [-0.4, -0.2) is 67.0 Å². The predicted molar refractivity (Wildman–Crippen MR) is 97.2 cm³/mol. The minimum absolute atomic E-state index is 0.415. The third-order valence-electron chi connectivity index (χ3n) is 5.37. The van der Waals surface area contributed by atoms with Crippen molar-refractivity contribution in [1.29, 1.82) is 0 Å². The van der Waals surface area contributed by atoms with Crippen molar-refractivity contribution in [2.24, 2.45) is 10.9 Å². The van der Waals surface area contributed by atoms with E-state index < -0.39 is 18.3 Å². The number of alkyl halides is 3. The van der Waals surface area contributed by atoms with Gasteiger partial charge in [0.1, 0.15) is 0 Å². The average molecular weight is 378 g/mol. The molecule has 1 heterocycles. The monoisotopic (exact) mass is 378 g/mol. The molecule has 8 heteroatoms. The predicted octanol–water partition coefficient (Wildman–Crippen LogP) is 2.51. The minimum atomic E-state index is -4.10. The molecular weight excluding hydrogens is 345 g/mol. The number of aliphatic hydroxyl groups is 1. The topological polar surface area (TPSA) is 59.9 Å². The van der Waals surface area contributed by atoms with Crippen molar-refractivity contribution in [1.82, 2.24) is 15.5 Å². The fraction of sp³-hybridized carbons (Fsp3) is 0.944. The van der Waals surface area contributed by atoms with Gasteiger partial charge in [0.15, 0.2) is 5.96 Å². The van der Waals surface area contributed by atoms with Crippen molar-refractivity contribution in [2.45, 2.75) is 63.6 Å². The molecule has 2 aliphatic rings. The zero-order valence-corrected chi connectivity index (χ0v) is 15.7. The molecule has 2 rings (SSSR count). The van der Waals surface area contributed by atoms with Crippen LogP contribution in [0.5, 0.6) is 0 Å². The zero-order valence-electron chi connectivity index (χ0n) is 15.7. The SMILES string of the molecule is CCNC(=NCC1(O)CCCC1)NCCC1CCN(CC(F)(F)F)CC1. The van der Waals surface area contributed by atoms with E-state index in [1.807, 2.05) is 6.92 Å². The van der Waals surface area contributed by atoms with Crippen LogP contribution in [0.25, 0.3) is 0 Å². The smallest absolute Gasteiger partial charge is 0.388 e. The van der Waals surface area contributed by atoms with Crippen LogP contribution in [0, 0.1) is 5.92 Å². The van der Waals surface area contributed by atoms with E-state index in [-0.39, 0.29) is 0 Å². The maximum atomic E-state index is 12.4. The van der Waals surface area contributed by atoms with Crippen molar-refractivity contribution >= 4 is 5.96 Å². The van der Waals surface area contributed by atoms with Crippen LogP contribution >= 0.6 is 0 Å². The number of rotatable bonds is 7. The number of likely N-dealkylation sites (tertiary alicyclic amines) is 1. The second-order valence-electron chi connectivity index (χ2n) is 7.68. The number of piperidine rings is 1. The van der Waals surface area contributed by atoms with Crippen LogP contribution in [0.15, 0.2) is 4.99 Å². The van der Waals surface area contributed by atoms with Crippen LogP contribution in [0.1, 0.15) is 51.9 Å². The lowest BCUT2D eigenvalue weighted by Crippen LogP contribution is -2.42. The lowest BCUT2D eigenvalue weighted by Gasteiger charge is -2.32. The summed E-state index contributed by atoms with van der Waals surface area (Å²) in [4.78, 5) is 6.01. The molecule has 0 aromatic heterocycles.